The molecule has 0 aliphatic heterocycles. The van der Waals surface area contributed by atoms with Crippen LogP contribution < -0.4 is 0 Å². The molecule has 1 saturated carbocycles. The predicted molar refractivity (Wildman–Crippen MR) is 56.9 cm³/mol. The van der Waals surface area contributed by atoms with Crippen molar-refractivity contribution in [1.29, 1.82) is 5.26 Å². The maximum absolute atomic E-state index is 13.8. The van der Waals surface area contributed by atoms with Crippen LogP contribution in [0, 0.1) is 23.1 Å². The Morgan fingerprint density at radius 1 is 1.40 bits per heavy atom. The highest BCUT2D eigenvalue weighted by Crippen LogP contribution is 2.55. The lowest BCUT2D eigenvalue weighted by Gasteiger charge is -2.21. The minimum absolute atomic E-state index is 0.0730. The van der Waals surface area contributed by atoms with Gasteiger partial charge in [-0.2, -0.15) is 5.26 Å². The molecule has 0 N–H and O–H groups in total. The number of rotatable bonds is 2. The van der Waals surface area contributed by atoms with E-state index in [4.69, 9.17) is 5.26 Å². The third kappa shape index (κ3) is 1.43. The molecular weight excluding hydrogens is 189 g/mol. The Morgan fingerprint density at radius 2 is 2.07 bits per heavy atom. The maximum atomic E-state index is 13.8. The fourth-order valence-corrected chi connectivity index (χ4v) is 2.37. The summed E-state index contributed by atoms with van der Waals surface area (Å²) < 4.78 is 13.8. The van der Waals surface area contributed by atoms with Gasteiger partial charge >= 0.3 is 0 Å². The molecule has 15 heavy (non-hydrogen) atoms. The molecule has 0 saturated heterocycles. The first-order valence-corrected chi connectivity index (χ1v) is 5.31. The van der Waals surface area contributed by atoms with E-state index in [0.29, 0.717) is 17.0 Å². The van der Waals surface area contributed by atoms with Crippen molar-refractivity contribution in [2.45, 2.75) is 32.1 Å². The minimum atomic E-state index is -0.222. The third-order valence-electron chi connectivity index (χ3n) is 3.53. The zero-order valence-electron chi connectivity index (χ0n) is 9.05. The molecule has 0 atom stereocenters. The van der Waals surface area contributed by atoms with Crippen LogP contribution in [-0.4, -0.2) is 0 Å². The summed E-state index contributed by atoms with van der Waals surface area (Å²) in [5.41, 5.74) is 1.07. The monoisotopic (exact) mass is 203 g/mol. The second-order valence-electron chi connectivity index (χ2n) is 4.59. The van der Waals surface area contributed by atoms with Crippen LogP contribution in [0.2, 0.25) is 0 Å². The SMILES string of the molecule is CC(C)C1(c2c(F)cccc2C#N)CC1. The Morgan fingerprint density at radius 3 is 2.53 bits per heavy atom. The van der Waals surface area contributed by atoms with Crippen LogP contribution in [0.1, 0.15) is 37.8 Å². The van der Waals surface area contributed by atoms with E-state index in [9.17, 15) is 4.39 Å². The van der Waals surface area contributed by atoms with Gasteiger partial charge in [-0.25, -0.2) is 4.39 Å². The van der Waals surface area contributed by atoms with Gasteiger partial charge in [0.25, 0.3) is 0 Å². The van der Waals surface area contributed by atoms with E-state index in [1.54, 1.807) is 12.1 Å². The molecule has 1 aliphatic rings. The molecule has 1 fully saturated rings. The molecule has 2 heteroatoms. The van der Waals surface area contributed by atoms with E-state index >= 15 is 0 Å². The number of halogens is 1. The van der Waals surface area contributed by atoms with Crippen molar-refractivity contribution in [2.75, 3.05) is 0 Å². The van der Waals surface area contributed by atoms with E-state index in [2.05, 4.69) is 19.9 Å². The van der Waals surface area contributed by atoms with Gasteiger partial charge in [-0.1, -0.05) is 19.9 Å². The number of nitrogens with zero attached hydrogens (tertiary/aromatic N) is 1. The molecule has 0 bridgehead atoms. The second-order valence-corrected chi connectivity index (χ2v) is 4.59. The van der Waals surface area contributed by atoms with Crippen LogP contribution in [0.15, 0.2) is 18.2 Å². The van der Waals surface area contributed by atoms with Gasteiger partial charge in [-0.05, 0) is 30.9 Å². The van der Waals surface area contributed by atoms with Gasteiger partial charge in [-0.15, -0.1) is 0 Å². The van der Waals surface area contributed by atoms with Crippen molar-refractivity contribution in [3.8, 4) is 6.07 Å². The molecule has 0 radical (unpaired) electrons. The molecule has 1 aromatic carbocycles. The summed E-state index contributed by atoms with van der Waals surface area (Å²) in [4.78, 5) is 0. The summed E-state index contributed by atoms with van der Waals surface area (Å²) in [6.45, 7) is 4.20. The summed E-state index contributed by atoms with van der Waals surface area (Å²) in [7, 11) is 0. The molecule has 0 amide bonds. The van der Waals surface area contributed by atoms with Crippen LogP contribution >= 0.6 is 0 Å². The summed E-state index contributed by atoms with van der Waals surface area (Å²) in [5.74, 6) is 0.168. The van der Waals surface area contributed by atoms with E-state index in [1.165, 1.54) is 6.07 Å². The molecular formula is C13H14FN. The van der Waals surface area contributed by atoms with Crippen LogP contribution in [0.3, 0.4) is 0 Å². The molecule has 0 spiro atoms. The van der Waals surface area contributed by atoms with Crippen LogP contribution in [-0.2, 0) is 5.41 Å². The predicted octanol–water partition coefficient (Wildman–Crippen LogP) is 3.38. The lowest BCUT2D eigenvalue weighted by Crippen LogP contribution is -2.18. The fourth-order valence-electron chi connectivity index (χ4n) is 2.37. The molecule has 0 unspecified atom stereocenters. The average Bonchev–Trinajstić information content (AvgIpc) is 2.98. The summed E-state index contributed by atoms with van der Waals surface area (Å²) >= 11 is 0. The zero-order chi connectivity index (χ0) is 11.1. The first-order valence-electron chi connectivity index (χ1n) is 5.31. The van der Waals surface area contributed by atoms with E-state index in [-0.39, 0.29) is 11.2 Å². The highest BCUT2D eigenvalue weighted by atomic mass is 19.1. The minimum Gasteiger partial charge on any atom is -0.207 e. The van der Waals surface area contributed by atoms with Crippen LogP contribution in [0.4, 0.5) is 4.39 Å². The smallest absolute Gasteiger partial charge is 0.128 e. The maximum Gasteiger partial charge on any atom is 0.128 e. The molecule has 1 aliphatic carbocycles. The first-order chi connectivity index (χ1) is 7.12. The molecule has 1 nitrogen and oxygen atoms in total. The normalized spacial score (nSPS) is 17.5. The Balaban J connectivity index is 2.58. The van der Waals surface area contributed by atoms with Gasteiger partial charge in [-0.3, -0.25) is 0 Å². The highest BCUT2D eigenvalue weighted by Gasteiger charge is 2.49. The van der Waals surface area contributed by atoms with Crippen molar-refractivity contribution in [2.24, 2.45) is 5.92 Å². The van der Waals surface area contributed by atoms with E-state index < -0.39 is 0 Å². The van der Waals surface area contributed by atoms with Crippen molar-refractivity contribution in [3.63, 3.8) is 0 Å². The number of benzene rings is 1. The zero-order valence-corrected chi connectivity index (χ0v) is 9.05. The first kappa shape index (κ1) is 10.2. The van der Waals surface area contributed by atoms with Crippen molar-refractivity contribution < 1.29 is 4.39 Å². The standard InChI is InChI=1S/C13H14FN/c1-9(2)13(6-7-13)12-10(8-15)4-3-5-11(12)14/h3-5,9H,6-7H2,1-2H3. The summed E-state index contributed by atoms with van der Waals surface area (Å²) in [5, 5.41) is 9.00. The Hall–Kier alpha value is -1.36. The Kier molecular flexibility index (Phi) is 2.26. The quantitative estimate of drug-likeness (QED) is 0.722. The summed E-state index contributed by atoms with van der Waals surface area (Å²) in [6, 6.07) is 6.87. The summed E-state index contributed by atoms with van der Waals surface area (Å²) in [6.07, 6.45) is 2.00. The lowest BCUT2D eigenvalue weighted by molar-refractivity contribution is 0.454. The largest absolute Gasteiger partial charge is 0.207 e. The van der Waals surface area contributed by atoms with Crippen molar-refractivity contribution in [3.05, 3.63) is 35.1 Å². The molecule has 2 rings (SSSR count). The topological polar surface area (TPSA) is 23.8 Å². The molecule has 0 heterocycles. The Bertz CT molecular complexity index is 425. The lowest BCUT2D eigenvalue weighted by atomic mass is 9.82. The van der Waals surface area contributed by atoms with Gasteiger partial charge in [0, 0.05) is 11.0 Å². The van der Waals surface area contributed by atoms with Gasteiger partial charge in [0.15, 0.2) is 0 Å². The number of hydrogen-bond donors (Lipinski definition) is 0. The van der Waals surface area contributed by atoms with Gasteiger partial charge in [0.05, 0.1) is 11.6 Å². The average molecular weight is 203 g/mol. The highest BCUT2D eigenvalue weighted by molar-refractivity contribution is 5.46. The van der Waals surface area contributed by atoms with Gasteiger partial charge in [0.1, 0.15) is 5.82 Å². The second kappa shape index (κ2) is 3.34. The van der Waals surface area contributed by atoms with E-state index in [1.807, 2.05) is 0 Å². The molecule has 78 valence electrons. The number of hydrogen-bond acceptors (Lipinski definition) is 1. The molecule has 1 aromatic rings. The molecule has 0 aromatic heterocycles. The van der Waals surface area contributed by atoms with Crippen molar-refractivity contribution >= 4 is 0 Å². The Labute approximate surface area is 89.5 Å². The van der Waals surface area contributed by atoms with Gasteiger partial charge < -0.3 is 0 Å². The van der Waals surface area contributed by atoms with Gasteiger partial charge in [0.2, 0.25) is 0 Å². The van der Waals surface area contributed by atoms with Crippen molar-refractivity contribution in [1.82, 2.24) is 0 Å². The fraction of sp³-hybridized carbons (Fsp3) is 0.462. The third-order valence-corrected chi connectivity index (χ3v) is 3.53. The van der Waals surface area contributed by atoms with Crippen LogP contribution in [0.5, 0.6) is 0 Å². The number of nitriles is 1. The van der Waals surface area contributed by atoms with Crippen LogP contribution in [0.25, 0.3) is 0 Å². The van der Waals surface area contributed by atoms with E-state index in [0.717, 1.165) is 12.8 Å².